The lowest BCUT2D eigenvalue weighted by atomic mass is 9.81. The minimum absolute atomic E-state index is 0.0939. The molecule has 4 rings (SSSR count). The number of ether oxygens (including phenoxy) is 4. The molecule has 1 aliphatic heterocycles. The van der Waals surface area contributed by atoms with Crippen LogP contribution >= 0.6 is 0 Å². The van der Waals surface area contributed by atoms with E-state index in [0.717, 1.165) is 0 Å². The van der Waals surface area contributed by atoms with E-state index in [-0.39, 0.29) is 28.5 Å². The molecule has 1 aromatic heterocycles. The molecule has 0 fully saturated rings. The Balaban J connectivity index is 2.10. The number of phenols is 1. The number of nitriles is 1. The number of nitrogens with two attached hydrogens (primary N) is 1. The zero-order valence-electron chi connectivity index (χ0n) is 17.8. The summed E-state index contributed by atoms with van der Waals surface area (Å²) < 4.78 is 27.3. The molecular weight excluding hydrogens is 416 g/mol. The molecule has 1 atom stereocenters. The van der Waals surface area contributed by atoms with Crippen LogP contribution in [0.4, 0.5) is 0 Å². The molecule has 2 aromatic carbocycles. The zero-order valence-corrected chi connectivity index (χ0v) is 17.8. The fraction of sp³-hybridized carbons (Fsp3) is 0.217. The van der Waals surface area contributed by atoms with Crippen LogP contribution in [0.25, 0.3) is 11.0 Å². The average Bonchev–Trinajstić information content (AvgIpc) is 2.76. The van der Waals surface area contributed by atoms with Crippen LogP contribution in [-0.2, 0) is 0 Å². The van der Waals surface area contributed by atoms with Crippen molar-refractivity contribution >= 4 is 11.0 Å². The number of aromatic hydroxyl groups is 1. The first kappa shape index (κ1) is 20.9. The van der Waals surface area contributed by atoms with Gasteiger partial charge >= 0.3 is 5.63 Å². The summed E-state index contributed by atoms with van der Waals surface area (Å²) in [6.45, 7) is 1.72. The van der Waals surface area contributed by atoms with Crippen LogP contribution in [-0.4, -0.2) is 26.4 Å². The maximum atomic E-state index is 11.8. The Bertz CT molecular complexity index is 1360. The number of aryl methyl sites for hydroxylation is 1. The molecule has 0 aliphatic carbocycles. The molecule has 1 aliphatic rings. The van der Waals surface area contributed by atoms with Gasteiger partial charge in [0, 0.05) is 12.1 Å². The maximum Gasteiger partial charge on any atom is 0.336 e. The van der Waals surface area contributed by atoms with Gasteiger partial charge in [-0.1, -0.05) is 0 Å². The first-order valence-corrected chi connectivity index (χ1v) is 9.52. The molecular formula is C23H20N2O7. The Hall–Kier alpha value is -4.32. The summed E-state index contributed by atoms with van der Waals surface area (Å²) in [5, 5.41) is 21.3. The monoisotopic (exact) mass is 436 g/mol. The fourth-order valence-electron chi connectivity index (χ4n) is 4.04. The van der Waals surface area contributed by atoms with E-state index in [2.05, 4.69) is 6.07 Å². The van der Waals surface area contributed by atoms with E-state index in [0.29, 0.717) is 39.3 Å². The van der Waals surface area contributed by atoms with Gasteiger partial charge in [0.25, 0.3) is 0 Å². The Morgan fingerprint density at radius 3 is 2.31 bits per heavy atom. The number of fused-ring (bicyclic) bond motifs is 3. The summed E-state index contributed by atoms with van der Waals surface area (Å²) in [7, 11) is 4.44. The molecule has 0 amide bonds. The van der Waals surface area contributed by atoms with Gasteiger partial charge in [-0.3, -0.25) is 0 Å². The van der Waals surface area contributed by atoms with Crippen molar-refractivity contribution in [3.63, 3.8) is 0 Å². The van der Waals surface area contributed by atoms with Gasteiger partial charge in [-0.25, -0.2) is 4.79 Å². The predicted octanol–water partition coefficient (Wildman–Crippen LogP) is 3.05. The van der Waals surface area contributed by atoms with Gasteiger partial charge in [-0.2, -0.15) is 5.26 Å². The first-order valence-electron chi connectivity index (χ1n) is 9.52. The number of methoxy groups -OCH3 is 3. The SMILES string of the molecule is COc1cc([C@@H]2C(C#N)=C(N)Oc3c2c(O)cc2oc(=O)cc(C)c32)cc(OC)c1OC. The van der Waals surface area contributed by atoms with Crippen LogP contribution in [0, 0.1) is 18.3 Å². The van der Waals surface area contributed by atoms with Gasteiger partial charge in [0.15, 0.2) is 11.5 Å². The molecule has 164 valence electrons. The summed E-state index contributed by atoms with van der Waals surface area (Å²) in [5.41, 5.74) is 7.22. The highest BCUT2D eigenvalue weighted by molar-refractivity contribution is 5.91. The molecule has 0 radical (unpaired) electrons. The summed E-state index contributed by atoms with van der Waals surface area (Å²) in [6, 6.07) is 8.07. The van der Waals surface area contributed by atoms with E-state index in [9.17, 15) is 15.2 Å². The largest absolute Gasteiger partial charge is 0.507 e. The van der Waals surface area contributed by atoms with E-state index >= 15 is 0 Å². The van der Waals surface area contributed by atoms with E-state index in [4.69, 9.17) is 29.1 Å². The molecule has 0 saturated carbocycles. The minimum Gasteiger partial charge on any atom is -0.507 e. The van der Waals surface area contributed by atoms with Crippen LogP contribution in [0.1, 0.15) is 22.6 Å². The van der Waals surface area contributed by atoms with E-state index in [1.165, 1.54) is 33.5 Å². The van der Waals surface area contributed by atoms with Crippen molar-refractivity contribution in [1.29, 1.82) is 5.26 Å². The molecule has 9 nitrogen and oxygen atoms in total. The topological polar surface area (TPSA) is 137 Å². The van der Waals surface area contributed by atoms with Gasteiger partial charge in [0.05, 0.1) is 38.2 Å². The molecule has 32 heavy (non-hydrogen) atoms. The lowest BCUT2D eigenvalue weighted by molar-refractivity contribution is 0.323. The maximum absolute atomic E-state index is 11.8. The van der Waals surface area contributed by atoms with Crippen LogP contribution in [0.15, 0.2) is 44.9 Å². The molecule has 0 spiro atoms. The number of nitrogens with zero attached hydrogens (tertiary/aromatic N) is 1. The quantitative estimate of drug-likeness (QED) is 0.591. The fourth-order valence-corrected chi connectivity index (χ4v) is 4.04. The van der Waals surface area contributed by atoms with Crippen molar-refractivity contribution in [2.45, 2.75) is 12.8 Å². The minimum atomic E-state index is -0.812. The molecule has 9 heteroatoms. The number of phenolic OH excluding ortho intramolecular Hbond substituents is 1. The Kier molecular flexibility index (Phi) is 5.06. The number of benzene rings is 2. The number of allylic oxidation sites excluding steroid dienone is 1. The smallest absolute Gasteiger partial charge is 0.336 e. The predicted molar refractivity (Wildman–Crippen MR) is 114 cm³/mol. The summed E-state index contributed by atoms with van der Waals surface area (Å²) in [6.07, 6.45) is 0. The van der Waals surface area contributed by atoms with Crippen LogP contribution in [0.2, 0.25) is 0 Å². The normalized spacial score (nSPS) is 15.0. The van der Waals surface area contributed by atoms with Crippen molar-refractivity contribution in [3.05, 3.63) is 62.8 Å². The highest BCUT2D eigenvalue weighted by atomic mass is 16.5. The Morgan fingerprint density at radius 1 is 1.09 bits per heavy atom. The molecule has 2 heterocycles. The molecule has 0 unspecified atom stereocenters. The second kappa shape index (κ2) is 7.74. The second-order valence-electron chi connectivity index (χ2n) is 7.14. The highest BCUT2D eigenvalue weighted by Crippen LogP contribution is 2.52. The first-order chi connectivity index (χ1) is 15.3. The molecule has 3 aromatic rings. The third-order valence-corrected chi connectivity index (χ3v) is 5.40. The molecule has 0 saturated heterocycles. The van der Waals surface area contributed by atoms with E-state index in [1.54, 1.807) is 19.1 Å². The van der Waals surface area contributed by atoms with Crippen molar-refractivity contribution < 1.29 is 28.5 Å². The standard InChI is InChI=1S/C23H20N2O7/c1-10-5-17(27)31-14-8-13(26)20-19(12(9-24)23(25)32-22(20)18(10)14)11-6-15(28-2)21(30-4)16(7-11)29-3/h5-8,19,26H,25H2,1-4H3/t19-/m1/s1. The van der Waals surface area contributed by atoms with Gasteiger partial charge < -0.3 is 34.2 Å². The molecule has 3 N–H and O–H groups in total. The molecule has 0 bridgehead atoms. The van der Waals surface area contributed by atoms with Crippen molar-refractivity contribution in [3.8, 4) is 34.8 Å². The third kappa shape index (κ3) is 3.04. The second-order valence-corrected chi connectivity index (χ2v) is 7.14. The lowest BCUT2D eigenvalue weighted by Gasteiger charge is -2.29. The summed E-state index contributed by atoms with van der Waals surface area (Å²) >= 11 is 0. The summed E-state index contributed by atoms with van der Waals surface area (Å²) in [4.78, 5) is 11.8. The Labute approximate surface area is 182 Å². The average molecular weight is 436 g/mol. The highest BCUT2D eigenvalue weighted by Gasteiger charge is 2.36. The number of hydrogen-bond acceptors (Lipinski definition) is 9. The summed E-state index contributed by atoms with van der Waals surface area (Å²) in [5.74, 6) is 0.157. The zero-order chi connectivity index (χ0) is 23.2. The van der Waals surface area contributed by atoms with Crippen molar-refractivity contribution in [2.75, 3.05) is 21.3 Å². The van der Waals surface area contributed by atoms with Gasteiger partial charge in [0.2, 0.25) is 11.6 Å². The van der Waals surface area contributed by atoms with Crippen LogP contribution < -0.4 is 30.3 Å². The van der Waals surface area contributed by atoms with Crippen molar-refractivity contribution in [2.24, 2.45) is 5.73 Å². The van der Waals surface area contributed by atoms with Gasteiger partial charge in [-0.15, -0.1) is 0 Å². The van der Waals surface area contributed by atoms with Crippen LogP contribution in [0.5, 0.6) is 28.7 Å². The van der Waals surface area contributed by atoms with E-state index in [1.807, 2.05) is 0 Å². The number of rotatable bonds is 4. The van der Waals surface area contributed by atoms with Crippen LogP contribution in [0.3, 0.4) is 0 Å². The van der Waals surface area contributed by atoms with E-state index < -0.39 is 11.5 Å². The van der Waals surface area contributed by atoms with Crippen molar-refractivity contribution in [1.82, 2.24) is 0 Å². The number of hydrogen-bond donors (Lipinski definition) is 2. The van der Waals surface area contributed by atoms with Gasteiger partial charge in [-0.05, 0) is 30.2 Å². The van der Waals surface area contributed by atoms with Gasteiger partial charge in [0.1, 0.15) is 28.7 Å². The Morgan fingerprint density at radius 2 is 1.75 bits per heavy atom. The third-order valence-electron chi connectivity index (χ3n) is 5.40. The lowest BCUT2D eigenvalue weighted by Crippen LogP contribution is -2.22.